The quantitative estimate of drug-likeness (QED) is 0.314. The number of carbonyl (C=O) groups excluding carboxylic acids is 2. The van der Waals surface area contributed by atoms with Crippen molar-refractivity contribution in [1.29, 1.82) is 0 Å². The van der Waals surface area contributed by atoms with Crippen LogP contribution in [0.25, 0.3) is 10.8 Å². The Morgan fingerprint density at radius 1 is 1.06 bits per heavy atom. The Hall–Kier alpha value is -3.09. The van der Waals surface area contributed by atoms with E-state index in [9.17, 15) is 22.8 Å². The number of hydrazine groups is 1. The summed E-state index contributed by atoms with van der Waals surface area (Å²) in [6.45, 7) is 1.85. The first-order chi connectivity index (χ1) is 15.3. The summed E-state index contributed by atoms with van der Waals surface area (Å²) in [6.07, 6.45) is 2.63. The van der Waals surface area contributed by atoms with Gasteiger partial charge in [0.1, 0.15) is 4.21 Å². The van der Waals surface area contributed by atoms with Crippen molar-refractivity contribution in [2.75, 3.05) is 6.54 Å². The molecule has 3 N–H and O–H groups in total. The molecule has 3 rings (SSSR count). The Balaban J connectivity index is 1.70. The number of benzene rings is 1. The van der Waals surface area contributed by atoms with Crippen LogP contribution in [0.3, 0.4) is 0 Å². The fourth-order valence-electron chi connectivity index (χ4n) is 2.94. The third-order valence-corrected chi connectivity index (χ3v) is 7.35. The van der Waals surface area contributed by atoms with Gasteiger partial charge < -0.3 is 0 Å². The van der Waals surface area contributed by atoms with Crippen molar-refractivity contribution in [3.05, 3.63) is 57.8 Å². The van der Waals surface area contributed by atoms with E-state index in [0.29, 0.717) is 17.3 Å². The molecule has 10 nitrogen and oxygen atoms in total. The van der Waals surface area contributed by atoms with E-state index in [1.807, 2.05) is 6.92 Å². The Morgan fingerprint density at radius 3 is 2.50 bits per heavy atom. The Bertz CT molecular complexity index is 1270. The molecule has 170 valence electrons. The Morgan fingerprint density at radius 2 is 1.81 bits per heavy atom. The van der Waals surface area contributed by atoms with Crippen LogP contribution >= 0.6 is 11.3 Å². The zero-order chi connectivity index (χ0) is 23.1. The van der Waals surface area contributed by atoms with E-state index in [1.54, 1.807) is 35.7 Å². The number of aromatic nitrogens is 2. The van der Waals surface area contributed by atoms with Gasteiger partial charge in [0.25, 0.3) is 27.4 Å². The maximum absolute atomic E-state index is 12.7. The Labute approximate surface area is 188 Å². The van der Waals surface area contributed by atoms with Gasteiger partial charge in [0.05, 0.1) is 11.9 Å². The molecule has 0 aliphatic heterocycles. The molecule has 0 aliphatic carbocycles. The van der Waals surface area contributed by atoms with Crippen LogP contribution in [0, 0.1) is 0 Å². The van der Waals surface area contributed by atoms with Gasteiger partial charge in [0, 0.05) is 11.9 Å². The largest absolute Gasteiger partial charge is 0.290 e. The lowest BCUT2D eigenvalue weighted by atomic mass is 10.1. The molecule has 2 amide bonds. The summed E-state index contributed by atoms with van der Waals surface area (Å²) in [5, 5.41) is 6.51. The molecule has 0 saturated carbocycles. The van der Waals surface area contributed by atoms with Gasteiger partial charge in [-0.1, -0.05) is 44.0 Å². The van der Waals surface area contributed by atoms with Crippen LogP contribution in [0.1, 0.15) is 36.7 Å². The molecule has 1 aromatic carbocycles. The first-order valence-electron chi connectivity index (χ1n) is 9.95. The highest BCUT2D eigenvalue weighted by Crippen LogP contribution is 2.15. The number of hydrogen-bond donors (Lipinski definition) is 3. The maximum atomic E-state index is 12.7. The van der Waals surface area contributed by atoms with Crippen LogP contribution in [-0.2, 0) is 21.4 Å². The van der Waals surface area contributed by atoms with E-state index in [1.165, 1.54) is 10.7 Å². The number of rotatable bonds is 9. The topological polar surface area (TPSA) is 139 Å². The number of carbonyl (C=O) groups is 2. The van der Waals surface area contributed by atoms with Crippen LogP contribution in [0.4, 0.5) is 0 Å². The lowest BCUT2D eigenvalue weighted by molar-refractivity contribution is -0.120. The Kier molecular flexibility index (Phi) is 7.72. The van der Waals surface area contributed by atoms with Gasteiger partial charge in [0.2, 0.25) is 0 Å². The molecule has 2 heterocycles. The van der Waals surface area contributed by atoms with Crippen molar-refractivity contribution in [2.24, 2.45) is 0 Å². The van der Waals surface area contributed by atoms with Crippen LogP contribution < -0.4 is 21.1 Å². The maximum Gasteiger partial charge on any atom is 0.290 e. The number of fused-ring (bicyclic) bond motifs is 1. The number of nitrogens with one attached hydrogen (secondary N) is 3. The number of sulfonamides is 1. The molecule has 0 saturated heterocycles. The normalized spacial score (nSPS) is 11.4. The van der Waals surface area contributed by atoms with Crippen molar-refractivity contribution in [1.82, 2.24) is 25.4 Å². The number of nitrogens with zero attached hydrogens (tertiary/aromatic N) is 2. The van der Waals surface area contributed by atoms with E-state index in [0.717, 1.165) is 30.6 Å². The second-order valence-corrected chi connectivity index (χ2v) is 9.83. The summed E-state index contributed by atoms with van der Waals surface area (Å²) >= 11 is 1.02. The smallest absolute Gasteiger partial charge is 0.272 e. The summed E-state index contributed by atoms with van der Waals surface area (Å²) in [4.78, 5) is 37.4. The molecule has 2 aromatic heterocycles. The van der Waals surface area contributed by atoms with Gasteiger partial charge in [-0.05, 0) is 23.9 Å². The second kappa shape index (κ2) is 10.5. The number of aryl methyl sites for hydroxylation is 1. The van der Waals surface area contributed by atoms with E-state index in [4.69, 9.17) is 0 Å². The first-order valence-corrected chi connectivity index (χ1v) is 12.3. The zero-order valence-corrected chi connectivity index (χ0v) is 19.0. The minimum absolute atomic E-state index is 0.0174. The van der Waals surface area contributed by atoms with Crippen molar-refractivity contribution in [3.8, 4) is 0 Å². The van der Waals surface area contributed by atoms with Gasteiger partial charge in [-0.25, -0.2) is 17.8 Å². The van der Waals surface area contributed by atoms with E-state index in [2.05, 4.69) is 20.7 Å². The molecule has 0 spiro atoms. The molecule has 0 radical (unpaired) electrons. The van der Waals surface area contributed by atoms with Crippen LogP contribution in [0.2, 0.25) is 0 Å². The van der Waals surface area contributed by atoms with Crippen LogP contribution in [0.15, 0.2) is 50.8 Å². The SMILES string of the molecule is CCCCCn1nc(C(=O)NNC(=O)CNS(=O)(=O)c2cccs2)c2ccccc2c1=O. The molecule has 0 fully saturated rings. The highest BCUT2D eigenvalue weighted by molar-refractivity contribution is 7.91. The third kappa shape index (κ3) is 5.58. The fourth-order valence-corrected chi connectivity index (χ4v) is 4.96. The third-order valence-electron chi connectivity index (χ3n) is 4.55. The minimum Gasteiger partial charge on any atom is -0.272 e. The standard InChI is InChI=1S/C20H23N5O5S2/c1-2-3-6-11-25-20(28)15-9-5-4-8-14(15)18(24-25)19(27)23-22-16(26)13-21-32(29,30)17-10-7-12-31-17/h4-5,7-10,12,21H,2-3,6,11,13H2,1H3,(H,22,26)(H,23,27). The molecule has 32 heavy (non-hydrogen) atoms. The lowest BCUT2D eigenvalue weighted by Crippen LogP contribution is -2.46. The highest BCUT2D eigenvalue weighted by atomic mass is 32.2. The molecule has 3 aromatic rings. The van der Waals surface area contributed by atoms with E-state index < -0.39 is 28.4 Å². The molecular formula is C20H23N5O5S2. The molecule has 12 heteroatoms. The van der Waals surface area contributed by atoms with Crippen LogP contribution in [-0.4, -0.2) is 36.6 Å². The number of hydrogen-bond acceptors (Lipinski definition) is 7. The predicted octanol–water partition coefficient (Wildman–Crippen LogP) is 1.39. The van der Waals surface area contributed by atoms with Gasteiger partial charge in [0.15, 0.2) is 5.69 Å². The molecule has 0 bridgehead atoms. The first kappa shape index (κ1) is 23.6. The van der Waals surface area contributed by atoms with E-state index in [-0.39, 0.29) is 15.5 Å². The monoisotopic (exact) mass is 477 g/mol. The average Bonchev–Trinajstić information content (AvgIpc) is 3.34. The molecular weight excluding hydrogens is 454 g/mol. The van der Waals surface area contributed by atoms with Crippen molar-refractivity contribution in [2.45, 2.75) is 36.9 Å². The predicted molar refractivity (Wildman–Crippen MR) is 121 cm³/mol. The van der Waals surface area contributed by atoms with Crippen LogP contribution in [0.5, 0.6) is 0 Å². The van der Waals surface area contributed by atoms with Crippen molar-refractivity contribution < 1.29 is 18.0 Å². The van der Waals surface area contributed by atoms with Gasteiger partial charge in [-0.3, -0.25) is 25.2 Å². The van der Waals surface area contributed by atoms with Crippen molar-refractivity contribution >= 4 is 43.9 Å². The summed E-state index contributed by atoms with van der Waals surface area (Å²) in [5.41, 5.74) is 4.08. The van der Waals surface area contributed by atoms with Crippen molar-refractivity contribution in [3.63, 3.8) is 0 Å². The highest BCUT2D eigenvalue weighted by Gasteiger charge is 2.19. The van der Waals surface area contributed by atoms with Gasteiger partial charge in [-0.15, -0.1) is 11.3 Å². The van der Waals surface area contributed by atoms with Gasteiger partial charge >= 0.3 is 0 Å². The number of amides is 2. The summed E-state index contributed by atoms with van der Waals surface area (Å²) < 4.78 is 27.6. The summed E-state index contributed by atoms with van der Waals surface area (Å²) in [7, 11) is -3.81. The molecule has 0 aliphatic rings. The summed E-state index contributed by atoms with van der Waals surface area (Å²) in [5.74, 6) is -1.49. The average molecular weight is 478 g/mol. The molecule has 0 unspecified atom stereocenters. The van der Waals surface area contributed by atoms with E-state index >= 15 is 0 Å². The number of thiophene rings is 1. The fraction of sp³-hybridized carbons (Fsp3) is 0.300. The minimum atomic E-state index is -3.81. The van der Waals surface area contributed by atoms with Gasteiger partial charge in [-0.2, -0.15) is 5.10 Å². The second-order valence-electron chi connectivity index (χ2n) is 6.89. The number of unbranched alkanes of at least 4 members (excludes halogenated alkanes) is 2. The summed E-state index contributed by atoms with van der Waals surface area (Å²) in [6, 6.07) is 9.59. The molecule has 0 atom stereocenters. The lowest BCUT2D eigenvalue weighted by Gasteiger charge is -2.12. The zero-order valence-electron chi connectivity index (χ0n) is 17.3.